The van der Waals surface area contributed by atoms with E-state index < -0.39 is 6.17 Å². The fraction of sp³-hybridized carbons (Fsp3) is 0.0526. The lowest BCUT2D eigenvalue weighted by molar-refractivity contribution is 0.0993. The predicted molar refractivity (Wildman–Crippen MR) is 90.3 cm³/mol. The summed E-state index contributed by atoms with van der Waals surface area (Å²) in [5, 5.41) is 3.15. The van der Waals surface area contributed by atoms with Crippen molar-refractivity contribution in [1.29, 1.82) is 0 Å². The Bertz CT molecular complexity index is 898. The Balaban J connectivity index is 1.81. The van der Waals surface area contributed by atoms with E-state index in [-0.39, 0.29) is 11.7 Å². The largest absolute Gasteiger partial charge is 0.359 e. The molecule has 4 rings (SSSR count). The number of fused-ring (bicyclic) bond motifs is 1. The Hall–Kier alpha value is -3.21. The van der Waals surface area contributed by atoms with Gasteiger partial charge in [0.2, 0.25) is 0 Å². The van der Waals surface area contributed by atoms with Crippen LogP contribution in [0.2, 0.25) is 0 Å². The first-order valence-corrected chi connectivity index (χ1v) is 7.59. The molecule has 24 heavy (non-hydrogen) atoms. The molecule has 3 aromatic rings. The summed E-state index contributed by atoms with van der Waals surface area (Å²) in [5.41, 5.74) is 2.43. The van der Waals surface area contributed by atoms with E-state index in [0.717, 1.165) is 5.56 Å². The molecule has 1 aromatic heterocycles. The number of hydrogen-bond donors (Lipinski definition) is 1. The lowest BCUT2D eigenvalue weighted by Gasteiger charge is -2.27. The predicted octanol–water partition coefficient (Wildman–Crippen LogP) is 3.99. The zero-order valence-electron chi connectivity index (χ0n) is 12.7. The molecule has 2 heterocycles. The number of para-hydroxylation sites is 1. The van der Waals surface area contributed by atoms with Gasteiger partial charge in [-0.25, -0.2) is 4.39 Å². The van der Waals surface area contributed by atoms with E-state index in [2.05, 4.69) is 10.3 Å². The third-order valence-corrected chi connectivity index (χ3v) is 4.05. The molecule has 0 saturated carbocycles. The van der Waals surface area contributed by atoms with Crippen molar-refractivity contribution in [2.75, 3.05) is 10.2 Å². The van der Waals surface area contributed by atoms with E-state index in [1.165, 1.54) is 6.07 Å². The molecule has 1 aliphatic heterocycles. The van der Waals surface area contributed by atoms with Gasteiger partial charge in [0.05, 0.1) is 17.6 Å². The van der Waals surface area contributed by atoms with Gasteiger partial charge < -0.3 is 5.32 Å². The van der Waals surface area contributed by atoms with Crippen LogP contribution in [0.1, 0.15) is 22.1 Å². The number of benzene rings is 2. The number of pyridine rings is 1. The minimum Gasteiger partial charge on any atom is -0.359 e. The molecule has 0 bridgehead atoms. The third-order valence-electron chi connectivity index (χ3n) is 4.05. The maximum absolute atomic E-state index is 14.1. The van der Waals surface area contributed by atoms with Gasteiger partial charge in [-0.2, -0.15) is 0 Å². The summed E-state index contributed by atoms with van der Waals surface area (Å²) >= 11 is 0. The van der Waals surface area contributed by atoms with Gasteiger partial charge in [0.1, 0.15) is 12.0 Å². The van der Waals surface area contributed by atoms with Gasteiger partial charge in [0.15, 0.2) is 0 Å². The first kappa shape index (κ1) is 14.4. The van der Waals surface area contributed by atoms with E-state index in [1.807, 2.05) is 24.3 Å². The van der Waals surface area contributed by atoms with Crippen molar-refractivity contribution in [3.63, 3.8) is 0 Å². The normalized spacial score (nSPS) is 16.1. The summed E-state index contributed by atoms with van der Waals surface area (Å²) < 4.78 is 14.1. The molecule has 1 atom stereocenters. The Morgan fingerprint density at radius 1 is 1.00 bits per heavy atom. The number of carbonyl (C=O) groups excluding carboxylic acids is 1. The number of rotatable bonds is 3. The molecule has 0 spiro atoms. The smallest absolute Gasteiger partial charge is 0.260 e. The zero-order chi connectivity index (χ0) is 16.5. The lowest BCUT2D eigenvalue weighted by atomic mass is 10.1. The van der Waals surface area contributed by atoms with Gasteiger partial charge in [-0.15, -0.1) is 0 Å². The van der Waals surface area contributed by atoms with Crippen LogP contribution < -0.4 is 10.2 Å². The zero-order valence-corrected chi connectivity index (χ0v) is 12.7. The van der Waals surface area contributed by atoms with E-state index in [1.54, 1.807) is 47.6 Å². The molecule has 0 unspecified atom stereocenters. The summed E-state index contributed by atoms with van der Waals surface area (Å²) in [7, 11) is 0. The molecule has 2 aromatic carbocycles. The maximum atomic E-state index is 14.1. The van der Waals surface area contributed by atoms with Gasteiger partial charge in [-0.1, -0.05) is 30.3 Å². The van der Waals surface area contributed by atoms with Gasteiger partial charge in [0.25, 0.3) is 5.91 Å². The quantitative estimate of drug-likeness (QED) is 0.794. The first-order chi connectivity index (χ1) is 11.8. The average Bonchev–Trinajstić information content (AvgIpc) is 2.90. The number of carbonyl (C=O) groups is 1. The van der Waals surface area contributed by atoms with E-state index in [9.17, 15) is 9.18 Å². The van der Waals surface area contributed by atoms with Crippen molar-refractivity contribution in [2.24, 2.45) is 0 Å². The molecule has 0 saturated heterocycles. The van der Waals surface area contributed by atoms with Crippen LogP contribution in [0.25, 0.3) is 0 Å². The van der Waals surface area contributed by atoms with Crippen LogP contribution in [0.3, 0.4) is 0 Å². The number of amides is 1. The Morgan fingerprint density at radius 2 is 1.79 bits per heavy atom. The number of nitrogens with one attached hydrogen (secondary N) is 1. The first-order valence-electron chi connectivity index (χ1n) is 7.59. The highest BCUT2D eigenvalue weighted by atomic mass is 19.1. The highest BCUT2D eigenvalue weighted by Crippen LogP contribution is 2.37. The van der Waals surface area contributed by atoms with Gasteiger partial charge in [0, 0.05) is 17.3 Å². The number of nitrogens with zero attached hydrogens (tertiary/aromatic N) is 2. The molecule has 4 nitrogen and oxygen atoms in total. The molecule has 118 valence electrons. The molecule has 0 radical (unpaired) electrons. The molecule has 5 heteroatoms. The fourth-order valence-corrected chi connectivity index (χ4v) is 2.95. The number of hydrogen-bond acceptors (Lipinski definition) is 3. The Morgan fingerprint density at radius 3 is 2.58 bits per heavy atom. The van der Waals surface area contributed by atoms with Crippen LogP contribution in [0.5, 0.6) is 0 Å². The monoisotopic (exact) mass is 319 g/mol. The van der Waals surface area contributed by atoms with Gasteiger partial charge in [-0.05, 0) is 30.3 Å². The number of aromatic nitrogens is 1. The molecule has 1 N–H and O–H groups in total. The molecule has 0 fully saturated rings. The summed E-state index contributed by atoms with van der Waals surface area (Å²) in [4.78, 5) is 18.5. The maximum Gasteiger partial charge on any atom is 0.260 e. The van der Waals surface area contributed by atoms with Gasteiger partial charge in [-0.3, -0.25) is 14.7 Å². The fourth-order valence-electron chi connectivity index (χ4n) is 2.95. The minimum absolute atomic E-state index is 0.132. The summed E-state index contributed by atoms with van der Waals surface area (Å²) in [6.45, 7) is 0. The highest BCUT2D eigenvalue weighted by molar-refractivity contribution is 6.11. The summed E-state index contributed by atoms with van der Waals surface area (Å²) in [5.74, 6) is -0.493. The van der Waals surface area contributed by atoms with Crippen molar-refractivity contribution in [2.45, 2.75) is 6.17 Å². The molecule has 1 amide bonds. The number of halogens is 1. The van der Waals surface area contributed by atoms with Crippen LogP contribution in [0, 0.1) is 5.82 Å². The number of anilines is 2. The molecular formula is C19H14FN3O. The summed E-state index contributed by atoms with van der Waals surface area (Å²) in [6.07, 6.45) is 2.78. The topological polar surface area (TPSA) is 45.2 Å². The van der Waals surface area contributed by atoms with Crippen molar-refractivity contribution < 1.29 is 9.18 Å². The average molecular weight is 319 g/mol. The second kappa shape index (κ2) is 5.77. The van der Waals surface area contributed by atoms with Crippen molar-refractivity contribution >= 4 is 17.3 Å². The van der Waals surface area contributed by atoms with Crippen molar-refractivity contribution in [1.82, 2.24) is 4.98 Å². The van der Waals surface area contributed by atoms with E-state index in [4.69, 9.17) is 0 Å². The van der Waals surface area contributed by atoms with Crippen LogP contribution in [0.15, 0.2) is 73.1 Å². The van der Waals surface area contributed by atoms with Crippen LogP contribution >= 0.6 is 0 Å². The van der Waals surface area contributed by atoms with Gasteiger partial charge >= 0.3 is 0 Å². The van der Waals surface area contributed by atoms with Crippen LogP contribution in [-0.2, 0) is 0 Å². The van der Waals surface area contributed by atoms with Crippen LogP contribution in [0.4, 0.5) is 15.8 Å². The van der Waals surface area contributed by atoms with E-state index in [0.29, 0.717) is 16.9 Å². The van der Waals surface area contributed by atoms with Crippen molar-refractivity contribution in [3.8, 4) is 0 Å². The molecular weight excluding hydrogens is 305 g/mol. The lowest BCUT2D eigenvalue weighted by Crippen LogP contribution is -2.32. The standard InChI is InChI=1S/C19H14FN3O/c20-16-9-3-4-10-17(16)22-18-14-7-1-2-8-15(14)19(24)23(18)13-6-5-11-21-12-13/h1-12,18,22H/t18-/m0/s1. The van der Waals surface area contributed by atoms with Crippen molar-refractivity contribution in [3.05, 3.63) is 90.0 Å². The van der Waals surface area contributed by atoms with Crippen LogP contribution in [-0.4, -0.2) is 10.9 Å². The molecule has 0 aliphatic carbocycles. The SMILES string of the molecule is O=C1c2ccccc2[C@@H](Nc2ccccc2F)N1c1cccnc1. The molecule has 1 aliphatic rings. The second-order valence-corrected chi connectivity index (χ2v) is 5.50. The Kier molecular flexibility index (Phi) is 3.46. The summed E-state index contributed by atoms with van der Waals surface area (Å²) in [6, 6.07) is 17.4. The minimum atomic E-state index is -0.491. The second-order valence-electron chi connectivity index (χ2n) is 5.50. The Labute approximate surface area is 138 Å². The highest BCUT2D eigenvalue weighted by Gasteiger charge is 2.37. The van der Waals surface area contributed by atoms with E-state index >= 15 is 0 Å². The third kappa shape index (κ3) is 2.31.